The van der Waals surface area contributed by atoms with Crippen molar-refractivity contribution < 1.29 is 24.2 Å². The summed E-state index contributed by atoms with van der Waals surface area (Å²) in [5.41, 5.74) is 1.38. The molecule has 2 aromatic rings. The number of benzene rings is 1. The lowest BCUT2D eigenvalue weighted by Crippen LogP contribution is -2.43. The summed E-state index contributed by atoms with van der Waals surface area (Å²) in [5, 5.41) is 11.7. The number of carbonyl (C=O) groups is 2. The van der Waals surface area contributed by atoms with E-state index in [1.54, 1.807) is 11.8 Å². The lowest BCUT2D eigenvalue weighted by atomic mass is 9.94. The molecule has 1 saturated heterocycles. The van der Waals surface area contributed by atoms with Gasteiger partial charge in [-0.05, 0) is 26.3 Å². The molecule has 34 heavy (non-hydrogen) atoms. The minimum Gasteiger partial charge on any atom is -0.503 e. The molecule has 0 radical (unpaired) electrons. The molecule has 2 aliphatic rings. The summed E-state index contributed by atoms with van der Waals surface area (Å²) in [7, 11) is 0. The Kier molecular flexibility index (Phi) is 7.65. The fraction of sp³-hybridized carbons (Fsp3) is 0.480. The molecule has 1 fully saturated rings. The van der Waals surface area contributed by atoms with E-state index in [-0.39, 0.29) is 11.4 Å². The highest BCUT2D eigenvalue weighted by atomic mass is 32.1. The van der Waals surface area contributed by atoms with E-state index < -0.39 is 17.7 Å². The first-order valence-electron chi connectivity index (χ1n) is 11.7. The quantitative estimate of drug-likeness (QED) is 0.544. The molecule has 0 bridgehead atoms. The highest BCUT2D eigenvalue weighted by Gasteiger charge is 2.45. The Hall–Kier alpha value is -2.75. The molecule has 1 N–H and O–H groups in total. The van der Waals surface area contributed by atoms with Crippen LogP contribution in [0.5, 0.6) is 5.75 Å². The van der Waals surface area contributed by atoms with Crippen LogP contribution in [-0.2, 0) is 9.53 Å². The third-order valence-corrected chi connectivity index (χ3v) is 7.17. The molecule has 182 valence electrons. The molecule has 1 amide bonds. The number of amides is 1. The number of Topliss-reactive ketones (excluding diaryl/α,β-unsaturated/α-hetero) is 1. The number of aliphatic hydroxyl groups excluding tert-OH is 1. The summed E-state index contributed by atoms with van der Waals surface area (Å²) in [6.07, 6.45) is 0.824. The van der Waals surface area contributed by atoms with Gasteiger partial charge in [0.15, 0.2) is 5.76 Å². The summed E-state index contributed by atoms with van der Waals surface area (Å²) >= 11 is 1.28. The highest BCUT2D eigenvalue weighted by molar-refractivity contribution is 7.14. The standard InChI is InChI=1S/C25H31N3O5S/c1-4-13-33-19-8-6-5-7-18(19)21-20(22(29)24-16(2)26-17(3)34-24)23(30)25(31)28(21)10-9-27-11-14-32-15-12-27/h5-8,21,30H,4,9-15H2,1-3H3. The van der Waals surface area contributed by atoms with Crippen LogP contribution in [0.4, 0.5) is 0 Å². The van der Waals surface area contributed by atoms with Crippen LogP contribution in [0.15, 0.2) is 35.6 Å². The Bertz CT molecular complexity index is 1090. The van der Waals surface area contributed by atoms with E-state index in [0.29, 0.717) is 54.8 Å². The van der Waals surface area contributed by atoms with Gasteiger partial charge >= 0.3 is 0 Å². The Balaban J connectivity index is 1.73. The highest BCUT2D eigenvalue weighted by Crippen LogP contribution is 2.43. The minimum absolute atomic E-state index is 0.0891. The molecule has 1 aromatic heterocycles. The maximum atomic E-state index is 13.7. The van der Waals surface area contributed by atoms with E-state index in [1.807, 2.05) is 38.1 Å². The smallest absolute Gasteiger partial charge is 0.290 e. The molecule has 1 aromatic carbocycles. The fourth-order valence-corrected chi connectivity index (χ4v) is 5.30. The van der Waals surface area contributed by atoms with Crippen molar-refractivity contribution in [1.82, 2.24) is 14.8 Å². The van der Waals surface area contributed by atoms with Crippen LogP contribution >= 0.6 is 11.3 Å². The predicted octanol–water partition coefficient (Wildman–Crippen LogP) is 3.46. The number of aliphatic hydroxyl groups is 1. The summed E-state index contributed by atoms with van der Waals surface area (Å²) in [5.74, 6) is -0.785. The first-order valence-corrected chi connectivity index (χ1v) is 12.5. The van der Waals surface area contributed by atoms with Gasteiger partial charge in [-0.25, -0.2) is 4.98 Å². The van der Waals surface area contributed by atoms with E-state index in [2.05, 4.69) is 9.88 Å². The number of hydrogen-bond acceptors (Lipinski definition) is 8. The van der Waals surface area contributed by atoms with Crippen LogP contribution in [0.3, 0.4) is 0 Å². The Morgan fingerprint density at radius 3 is 2.65 bits per heavy atom. The van der Waals surface area contributed by atoms with Crippen molar-refractivity contribution in [2.24, 2.45) is 0 Å². The second-order valence-electron chi connectivity index (χ2n) is 8.48. The average Bonchev–Trinajstić information content (AvgIpc) is 3.31. The number of aryl methyl sites for hydroxylation is 2. The van der Waals surface area contributed by atoms with Crippen LogP contribution in [0, 0.1) is 13.8 Å². The second kappa shape index (κ2) is 10.7. The number of hydrogen-bond donors (Lipinski definition) is 1. The zero-order chi connectivity index (χ0) is 24.2. The van der Waals surface area contributed by atoms with Crippen LogP contribution in [-0.4, -0.2) is 77.6 Å². The molecule has 2 aliphatic heterocycles. The van der Waals surface area contributed by atoms with Crippen molar-refractivity contribution in [3.05, 3.63) is 56.7 Å². The van der Waals surface area contributed by atoms with E-state index >= 15 is 0 Å². The molecular weight excluding hydrogens is 454 g/mol. The Morgan fingerprint density at radius 2 is 1.97 bits per heavy atom. The molecule has 4 rings (SSSR count). The largest absolute Gasteiger partial charge is 0.503 e. The zero-order valence-electron chi connectivity index (χ0n) is 19.9. The van der Waals surface area contributed by atoms with Gasteiger partial charge in [-0.15, -0.1) is 11.3 Å². The van der Waals surface area contributed by atoms with Crippen molar-refractivity contribution in [3.8, 4) is 5.75 Å². The number of ether oxygens (including phenoxy) is 2. The van der Waals surface area contributed by atoms with Gasteiger partial charge in [-0.3, -0.25) is 14.5 Å². The van der Waals surface area contributed by atoms with Crippen LogP contribution < -0.4 is 4.74 Å². The van der Waals surface area contributed by atoms with Crippen molar-refractivity contribution >= 4 is 23.0 Å². The van der Waals surface area contributed by atoms with E-state index in [4.69, 9.17) is 9.47 Å². The maximum Gasteiger partial charge on any atom is 0.290 e. The van der Waals surface area contributed by atoms with Crippen LogP contribution in [0.25, 0.3) is 0 Å². The van der Waals surface area contributed by atoms with E-state index in [9.17, 15) is 14.7 Å². The topological polar surface area (TPSA) is 92.2 Å². The van der Waals surface area contributed by atoms with Crippen molar-refractivity contribution in [3.63, 3.8) is 0 Å². The second-order valence-corrected chi connectivity index (χ2v) is 9.68. The number of aromatic nitrogens is 1. The molecule has 9 heteroatoms. The number of morpholine rings is 1. The molecule has 3 heterocycles. The van der Waals surface area contributed by atoms with Crippen molar-refractivity contribution in [1.29, 1.82) is 0 Å². The predicted molar refractivity (Wildman–Crippen MR) is 130 cm³/mol. The summed E-state index contributed by atoms with van der Waals surface area (Å²) in [6.45, 7) is 10.0. The number of thiazole rings is 1. The molecular formula is C25H31N3O5S. The lowest BCUT2D eigenvalue weighted by molar-refractivity contribution is -0.129. The molecule has 8 nitrogen and oxygen atoms in total. The monoisotopic (exact) mass is 485 g/mol. The third kappa shape index (κ3) is 4.87. The minimum atomic E-state index is -0.740. The SMILES string of the molecule is CCCOc1ccccc1C1C(C(=O)c2sc(C)nc2C)=C(O)C(=O)N1CCN1CCOCC1. The fourth-order valence-electron chi connectivity index (χ4n) is 4.43. The summed E-state index contributed by atoms with van der Waals surface area (Å²) in [4.78, 5) is 35.6. The maximum absolute atomic E-state index is 13.7. The van der Waals surface area contributed by atoms with Gasteiger partial charge in [0.05, 0.1) is 47.0 Å². The molecule has 0 spiro atoms. The number of rotatable bonds is 9. The third-order valence-electron chi connectivity index (χ3n) is 6.09. The van der Waals surface area contributed by atoms with Gasteiger partial charge in [0, 0.05) is 31.7 Å². The molecule has 0 aliphatic carbocycles. The van der Waals surface area contributed by atoms with Gasteiger partial charge in [0.2, 0.25) is 5.78 Å². The Labute approximate surface area is 203 Å². The lowest BCUT2D eigenvalue weighted by Gasteiger charge is -2.32. The van der Waals surface area contributed by atoms with Gasteiger partial charge in [-0.2, -0.15) is 0 Å². The van der Waals surface area contributed by atoms with E-state index in [1.165, 1.54) is 11.3 Å². The molecule has 1 unspecified atom stereocenters. The average molecular weight is 486 g/mol. The van der Waals surface area contributed by atoms with Gasteiger partial charge in [0.25, 0.3) is 5.91 Å². The summed E-state index contributed by atoms with van der Waals surface area (Å²) in [6, 6.07) is 6.69. The Morgan fingerprint density at radius 1 is 1.24 bits per heavy atom. The molecule has 1 atom stereocenters. The van der Waals surface area contributed by atoms with E-state index in [0.717, 1.165) is 24.5 Å². The van der Waals surface area contributed by atoms with Crippen LogP contribution in [0.2, 0.25) is 0 Å². The van der Waals surface area contributed by atoms with Crippen molar-refractivity contribution in [2.75, 3.05) is 46.0 Å². The van der Waals surface area contributed by atoms with Gasteiger partial charge < -0.3 is 19.5 Å². The molecule has 0 saturated carbocycles. The normalized spacial score (nSPS) is 19.2. The van der Waals surface area contributed by atoms with Crippen molar-refractivity contribution in [2.45, 2.75) is 33.2 Å². The first kappa shape index (κ1) is 24.4. The first-order chi connectivity index (χ1) is 16.4. The van der Waals surface area contributed by atoms with Gasteiger partial charge in [-0.1, -0.05) is 25.1 Å². The van der Waals surface area contributed by atoms with Crippen LogP contribution in [0.1, 0.15) is 45.3 Å². The number of nitrogens with zero attached hydrogens (tertiary/aromatic N) is 3. The van der Waals surface area contributed by atoms with Gasteiger partial charge in [0.1, 0.15) is 5.75 Å². The number of ketones is 1. The summed E-state index contributed by atoms with van der Waals surface area (Å²) < 4.78 is 11.4. The number of carbonyl (C=O) groups excluding carboxylic acids is 2. The number of para-hydroxylation sites is 1. The zero-order valence-corrected chi connectivity index (χ0v) is 20.7.